The molecule has 0 fully saturated rings. The van der Waals surface area contributed by atoms with Crippen LogP contribution < -0.4 is 10.0 Å². The van der Waals surface area contributed by atoms with Gasteiger partial charge < -0.3 is 15.6 Å². The number of rotatable bonds is 4. The van der Waals surface area contributed by atoms with Gasteiger partial charge in [0.15, 0.2) is 17.5 Å². The molecule has 0 aliphatic heterocycles. The van der Waals surface area contributed by atoms with E-state index in [4.69, 9.17) is 5.11 Å². The monoisotopic (exact) mass is 313 g/mol. The van der Waals surface area contributed by atoms with Gasteiger partial charge >= 0.3 is 5.97 Å². The fourth-order valence-corrected chi connectivity index (χ4v) is 2.66. The van der Waals surface area contributed by atoms with Gasteiger partial charge in [-0.3, -0.25) is 0 Å². The largest absolute Gasteiger partial charge is 0.619 e. The van der Waals surface area contributed by atoms with Crippen LogP contribution in [-0.4, -0.2) is 16.1 Å². The zero-order valence-electron chi connectivity index (χ0n) is 11.3. The second-order valence-corrected chi connectivity index (χ2v) is 5.36. The lowest BCUT2D eigenvalue weighted by molar-refractivity contribution is -0.604. The van der Waals surface area contributed by atoms with E-state index in [1.165, 1.54) is 35.9 Å². The number of nitrogens with zero attached hydrogens (tertiary/aromatic N) is 2. The van der Waals surface area contributed by atoms with Gasteiger partial charge in [0, 0.05) is 17.1 Å². The fraction of sp³-hybridized carbons (Fsp3) is 0. The molecule has 22 heavy (non-hydrogen) atoms. The molecule has 0 unspecified atom stereocenters. The molecule has 3 rings (SSSR count). The minimum Gasteiger partial charge on any atom is -0.619 e. The van der Waals surface area contributed by atoms with E-state index >= 15 is 0 Å². The summed E-state index contributed by atoms with van der Waals surface area (Å²) >= 11 is 1.38. The van der Waals surface area contributed by atoms with Gasteiger partial charge in [0.25, 0.3) is 0 Å². The maximum Gasteiger partial charge on any atom is 0.335 e. The number of benzene rings is 1. The number of thiazole rings is 1. The van der Waals surface area contributed by atoms with Gasteiger partial charge in [-0.25, -0.2) is 9.78 Å². The van der Waals surface area contributed by atoms with Crippen molar-refractivity contribution >= 4 is 28.1 Å². The number of aromatic nitrogens is 2. The lowest BCUT2D eigenvalue weighted by atomic mass is 10.2. The Balaban J connectivity index is 1.83. The average molecular weight is 313 g/mol. The number of nitrogens with one attached hydrogen (secondary N) is 1. The van der Waals surface area contributed by atoms with Crippen LogP contribution >= 0.6 is 11.3 Å². The first kappa shape index (κ1) is 14.0. The molecule has 1 aromatic carbocycles. The van der Waals surface area contributed by atoms with E-state index in [0.717, 1.165) is 10.3 Å². The molecule has 0 amide bonds. The summed E-state index contributed by atoms with van der Waals surface area (Å²) in [6, 6.07) is 9.96. The maximum absolute atomic E-state index is 11.3. The molecule has 0 radical (unpaired) electrons. The Morgan fingerprint density at radius 1 is 1.32 bits per heavy atom. The molecule has 6 nitrogen and oxygen atoms in total. The highest BCUT2D eigenvalue weighted by molar-refractivity contribution is 7.14. The summed E-state index contributed by atoms with van der Waals surface area (Å²) in [5.41, 5.74) is 2.26. The Hall–Kier alpha value is -2.93. The van der Waals surface area contributed by atoms with Gasteiger partial charge in [-0.1, -0.05) is 6.07 Å². The highest BCUT2D eigenvalue weighted by Gasteiger charge is 2.08. The minimum absolute atomic E-state index is 0.206. The van der Waals surface area contributed by atoms with Crippen LogP contribution in [0.1, 0.15) is 10.4 Å². The molecule has 0 aliphatic rings. The molecule has 110 valence electrons. The number of aromatic carboxylic acids is 1. The van der Waals surface area contributed by atoms with Crippen molar-refractivity contribution in [1.82, 2.24) is 4.98 Å². The lowest BCUT2D eigenvalue weighted by Gasteiger charge is -2.03. The zero-order valence-corrected chi connectivity index (χ0v) is 12.1. The molecule has 0 atom stereocenters. The van der Waals surface area contributed by atoms with Crippen molar-refractivity contribution in [1.29, 1.82) is 0 Å². The molecule has 3 aromatic rings. The van der Waals surface area contributed by atoms with E-state index in [9.17, 15) is 10.0 Å². The first-order valence-electron chi connectivity index (χ1n) is 6.37. The van der Waals surface area contributed by atoms with Gasteiger partial charge in [-0.15, -0.1) is 11.3 Å². The Kier molecular flexibility index (Phi) is 3.71. The van der Waals surface area contributed by atoms with Crippen LogP contribution in [0.3, 0.4) is 0 Å². The summed E-state index contributed by atoms with van der Waals surface area (Å²) in [6.07, 6.45) is 2.86. The van der Waals surface area contributed by atoms with E-state index in [1.54, 1.807) is 24.3 Å². The molecule has 0 spiro atoms. The van der Waals surface area contributed by atoms with Gasteiger partial charge in [0.05, 0.1) is 16.8 Å². The van der Waals surface area contributed by atoms with Crippen LogP contribution in [0.25, 0.3) is 11.3 Å². The van der Waals surface area contributed by atoms with Crippen LogP contribution in [-0.2, 0) is 0 Å². The number of pyridine rings is 1. The Morgan fingerprint density at radius 2 is 2.18 bits per heavy atom. The topological polar surface area (TPSA) is 89.2 Å². The molecule has 0 saturated carbocycles. The molecule has 2 heterocycles. The predicted octanol–water partition coefficient (Wildman–Crippen LogP) is 2.89. The van der Waals surface area contributed by atoms with Crippen LogP contribution in [0, 0.1) is 5.21 Å². The van der Waals surface area contributed by atoms with Crippen LogP contribution in [0.4, 0.5) is 10.8 Å². The number of carbonyl (C=O) groups is 1. The van der Waals surface area contributed by atoms with Crippen LogP contribution in [0.2, 0.25) is 0 Å². The number of hydrogen-bond donors (Lipinski definition) is 2. The smallest absolute Gasteiger partial charge is 0.335 e. The van der Waals surface area contributed by atoms with Crippen molar-refractivity contribution in [2.24, 2.45) is 0 Å². The molecule has 0 saturated heterocycles. The number of carboxylic acids is 1. The molecule has 2 N–H and O–H groups in total. The van der Waals surface area contributed by atoms with E-state index < -0.39 is 5.97 Å². The summed E-state index contributed by atoms with van der Waals surface area (Å²) in [5.74, 6) is -0.979. The Bertz CT molecular complexity index is 832. The van der Waals surface area contributed by atoms with Gasteiger partial charge in [0.2, 0.25) is 0 Å². The van der Waals surface area contributed by atoms with Gasteiger partial charge in [-0.2, -0.15) is 4.73 Å². The summed E-state index contributed by atoms with van der Waals surface area (Å²) in [4.78, 5) is 15.4. The van der Waals surface area contributed by atoms with E-state index in [1.807, 2.05) is 5.38 Å². The normalized spacial score (nSPS) is 10.4. The van der Waals surface area contributed by atoms with Crippen molar-refractivity contribution in [3.05, 3.63) is 64.9 Å². The van der Waals surface area contributed by atoms with E-state index in [2.05, 4.69) is 10.3 Å². The highest BCUT2D eigenvalue weighted by atomic mass is 32.1. The SMILES string of the molecule is O=C(O)c1cccc(Nc2nc(-c3ccc[n+]([O-])c3)cs2)c1. The number of anilines is 2. The molecule has 7 heteroatoms. The average Bonchev–Trinajstić information content (AvgIpc) is 2.96. The van der Waals surface area contributed by atoms with Gasteiger partial charge in [-0.05, 0) is 24.3 Å². The second kappa shape index (κ2) is 5.82. The minimum atomic E-state index is -0.979. The molecular formula is C15H11N3O3S. The summed E-state index contributed by atoms with van der Waals surface area (Å²) in [5, 5.41) is 25.8. The molecular weight excluding hydrogens is 302 g/mol. The summed E-state index contributed by atoms with van der Waals surface area (Å²) < 4.78 is 0.720. The second-order valence-electron chi connectivity index (χ2n) is 4.50. The standard InChI is InChI=1S/C15H11N3O3S/c19-14(20)10-3-1-5-12(7-10)16-15-17-13(9-22-15)11-4-2-6-18(21)8-11/h1-9H,(H,16,17)(H,19,20). The lowest BCUT2D eigenvalue weighted by Crippen LogP contribution is -2.23. The first-order valence-corrected chi connectivity index (χ1v) is 7.25. The quantitative estimate of drug-likeness (QED) is 0.571. The number of carboxylic acid groups (broad SMARTS) is 1. The Morgan fingerprint density at radius 3 is 2.95 bits per heavy atom. The van der Waals surface area contributed by atoms with Crippen molar-refractivity contribution in [2.75, 3.05) is 5.32 Å². The maximum atomic E-state index is 11.3. The third kappa shape index (κ3) is 3.04. The fourth-order valence-electron chi connectivity index (χ4n) is 1.92. The highest BCUT2D eigenvalue weighted by Crippen LogP contribution is 2.26. The van der Waals surface area contributed by atoms with Crippen molar-refractivity contribution in [3.8, 4) is 11.3 Å². The summed E-state index contributed by atoms with van der Waals surface area (Å²) in [7, 11) is 0. The first-order chi connectivity index (χ1) is 10.6. The summed E-state index contributed by atoms with van der Waals surface area (Å²) in [6.45, 7) is 0. The zero-order chi connectivity index (χ0) is 15.5. The molecule has 2 aromatic heterocycles. The predicted molar refractivity (Wildman–Crippen MR) is 83.2 cm³/mol. The van der Waals surface area contributed by atoms with Crippen LogP contribution in [0.5, 0.6) is 0 Å². The van der Waals surface area contributed by atoms with E-state index in [-0.39, 0.29) is 5.56 Å². The van der Waals surface area contributed by atoms with Crippen molar-refractivity contribution in [2.45, 2.75) is 0 Å². The van der Waals surface area contributed by atoms with Gasteiger partial charge in [0.1, 0.15) is 0 Å². The van der Waals surface area contributed by atoms with Crippen LogP contribution in [0.15, 0.2) is 54.2 Å². The number of hydrogen-bond acceptors (Lipinski definition) is 5. The van der Waals surface area contributed by atoms with E-state index in [0.29, 0.717) is 16.5 Å². The third-order valence-corrected chi connectivity index (χ3v) is 3.69. The molecule has 0 bridgehead atoms. The van der Waals surface area contributed by atoms with Crippen molar-refractivity contribution < 1.29 is 14.6 Å². The Labute approximate surface area is 129 Å². The third-order valence-electron chi connectivity index (χ3n) is 2.94. The molecule has 0 aliphatic carbocycles. The van der Waals surface area contributed by atoms with Crippen molar-refractivity contribution in [3.63, 3.8) is 0 Å².